The molecule has 0 aliphatic carbocycles. The van der Waals surface area contributed by atoms with Crippen molar-refractivity contribution in [1.29, 1.82) is 0 Å². The molecule has 2 aromatic rings. The summed E-state index contributed by atoms with van der Waals surface area (Å²) in [5.41, 5.74) is 0.261. The summed E-state index contributed by atoms with van der Waals surface area (Å²) in [5, 5.41) is 2.40. The van der Waals surface area contributed by atoms with Crippen molar-refractivity contribution in [2.45, 2.75) is 19.8 Å². The van der Waals surface area contributed by atoms with E-state index >= 15 is 0 Å². The molecule has 1 heterocycles. The van der Waals surface area contributed by atoms with Crippen molar-refractivity contribution in [3.63, 3.8) is 0 Å². The van der Waals surface area contributed by atoms with Crippen LogP contribution in [-0.2, 0) is 0 Å². The minimum Gasteiger partial charge on any atom is -0.350 e. The van der Waals surface area contributed by atoms with Gasteiger partial charge in [-0.25, -0.2) is 0 Å². The SMILES string of the molecule is CC(C)c1ccccc1Nc1c(F)c(F)nc(F)c1F. The van der Waals surface area contributed by atoms with Gasteiger partial charge in [-0.15, -0.1) is 0 Å². The molecule has 0 amide bonds. The van der Waals surface area contributed by atoms with Gasteiger partial charge in [0.1, 0.15) is 5.69 Å². The molecule has 0 unspecified atom stereocenters. The molecule has 1 N–H and O–H groups in total. The van der Waals surface area contributed by atoms with Gasteiger partial charge in [0.15, 0.2) is 0 Å². The fraction of sp³-hybridized carbons (Fsp3) is 0.214. The Balaban J connectivity index is 2.51. The monoisotopic (exact) mass is 284 g/mol. The van der Waals surface area contributed by atoms with Crippen LogP contribution in [0.3, 0.4) is 0 Å². The van der Waals surface area contributed by atoms with Gasteiger partial charge < -0.3 is 5.32 Å². The smallest absolute Gasteiger partial charge is 0.253 e. The molecule has 0 aliphatic rings. The fourth-order valence-electron chi connectivity index (χ4n) is 1.85. The van der Waals surface area contributed by atoms with Crippen LogP contribution in [0.4, 0.5) is 28.9 Å². The van der Waals surface area contributed by atoms with Gasteiger partial charge in [0.2, 0.25) is 11.6 Å². The van der Waals surface area contributed by atoms with Crippen molar-refractivity contribution in [2.75, 3.05) is 5.32 Å². The summed E-state index contributed by atoms with van der Waals surface area (Å²) in [5.74, 6) is -6.41. The average Bonchev–Trinajstić information content (AvgIpc) is 2.41. The molecule has 0 saturated heterocycles. The third kappa shape index (κ3) is 2.59. The maximum absolute atomic E-state index is 13.6. The largest absolute Gasteiger partial charge is 0.350 e. The first-order chi connectivity index (χ1) is 9.41. The van der Waals surface area contributed by atoms with Gasteiger partial charge in [0, 0.05) is 5.69 Å². The van der Waals surface area contributed by atoms with Crippen molar-refractivity contribution in [1.82, 2.24) is 4.98 Å². The minimum absolute atomic E-state index is 0.0707. The Kier molecular flexibility index (Phi) is 3.92. The molecule has 0 fully saturated rings. The zero-order chi connectivity index (χ0) is 14.9. The second kappa shape index (κ2) is 5.48. The normalized spacial score (nSPS) is 10.9. The Hall–Kier alpha value is -2.11. The highest BCUT2D eigenvalue weighted by molar-refractivity contribution is 5.64. The summed E-state index contributed by atoms with van der Waals surface area (Å²) in [6.07, 6.45) is 0. The number of hydrogen-bond donors (Lipinski definition) is 1. The number of nitrogens with zero attached hydrogens (tertiary/aromatic N) is 1. The van der Waals surface area contributed by atoms with Crippen LogP contribution in [0.25, 0.3) is 0 Å². The Labute approximate surface area is 113 Å². The first-order valence-electron chi connectivity index (χ1n) is 5.97. The third-order valence-corrected chi connectivity index (χ3v) is 2.84. The second-order valence-corrected chi connectivity index (χ2v) is 4.56. The van der Waals surface area contributed by atoms with Crippen LogP contribution in [0, 0.1) is 23.5 Å². The Morgan fingerprint density at radius 2 is 1.50 bits per heavy atom. The molecule has 2 nitrogen and oxygen atoms in total. The lowest BCUT2D eigenvalue weighted by Gasteiger charge is -2.15. The molecular formula is C14H12F4N2. The van der Waals surface area contributed by atoms with Gasteiger partial charge >= 0.3 is 0 Å². The van der Waals surface area contributed by atoms with E-state index in [9.17, 15) is 17.6 Å². The minimum atomic E-state index is -1.69. The highest BCUT2D eigenvalue weighted by Gasteiger charge is 2.21. The Bertz CT molecular complexity index is 615. The summed E-state index contributed by atoms with van der Waals surface area (Å²) in [4.78, 5) is 2.51. The molecule has 0 radical (unpaired) electrons. The van der Waals surface area contributed by atoms with Crippen LogP contribution < -0.4 is 5.32 Å². The molecular weight excluding hydrogens is 272 g/mol. The van der Waals surface area contributed by atoms with E-state index in [1.54, 1.807) is 24.3 Å². The van der Waals surface area contributed by atoms with Crippen molar-refractivity contribution in [3.8, 4) is 0 Å². The number of hydrogen-bond acceptors (Lipinski definition) is 2. The van der Waals surface area contributed by atoms with E-state index in [-0.39, 0.29) is 5.92 Å². The predicted octanol–water partition coefficient (Wildman–Crippen LogP) is 4.51. The fourth-order valence-corrected chi connectivity index (χ4v) is 1.85. The quantitative estimate of drug-likeness (QED) is 0.663. The zero-order valence-electron chi connectivity index (χ0n) is 10.8. The third-order valence-electron chi connectivity index (χ3n) is 2.84. The topological polar surface area (TPSA) is 24.9 Å². The van der Waals surface area contributed by atoms with Gasteiger partial charge in [-0.3, -0.25) is 0 Å². The van der Waals surface area contributed by atoms with E-state index < -0.39 is 29.2 Å². The first kappa shape index (κ1) is 14.3. The van der Waals surface area contributed by atoms with Crippen molar-refractivity contribution in [2.24, 2.45) is 0 Å². The van der Waals surface area contributed by atoms with E-state index in [2.05, 4.69) is 10.3 Å². The van der Waals surface area contributed by atoms with Gasteiger partial charge in [0.05, 0.1) is 0 Å². The molecule has 1 aromatic carbocycles. The van der Waals surface area contributed by atoms with Crippen LogP contribution in [0.1, 0.15) is 25.3 Å². The molecule has 2 rings (SSSR count). The number of benzene rings is 1. The molecule has 20 heavy (non-hydrogen) atoms. The molecule has 0 saturated carbocycles. The highest BCUT2D eigenvalue weighted by atomic mass is 19.2. The number of pyridine rings is 1. The van der Waals surface area contributed by atoms with Crippen LogP contribution in [0.2, 0.25) is 0 Å². The van der Waals surface area contributed by atoms with E-state index in [1.165, 1.54) is 0 Å². The molecule has 0 atom stereocenters. The summed E-state index contributed by atoms with van der Waals surface area (Å²) < 4.78 is 53.2. The van der Waals surface area contributed by atoms with Crippen molar-refractivity contribution in [3.05, 3.63) is 53.4 Å². The second-order valence-electron chi connectivity index (χ2n) is 4.56. The number of anilines is 2. The lowest BCUT2D eigenvalue weighted by Crippen LogP contribution is -2.07. The summed E-state index contributed by atoms with van der Waals surface area (Å²) in [6.45, 7) is 3.78. The van der Waals surface area contributed by atoms with E-state index in [1.807, 2.05) is 13.8 Å². The predicted molar refractivity (Wildman–Crippen MR) is 67.9 cm³/mol. The highest BCUT2D eigenvalue weighted by Crippen LogP contribution is 2.30. The lowest BCUT2D eigenvalue weighted by atomic mass is 10.0. The molecule has 0 spiro atoms. The zero-order valence-corrected chi connectivity index (χ0v) is 10.8. The molecule has 1 aromatic heterocycles. The summed E-state index contributed by atoms with van der Waals surface area (Å²) in [7, 11) is 0. The van der Waals surface area contributed by atoms with Crippen LogP contribution in [0.15, 0.2) is 24.3 Å². The number of para-hydroxylation sites is 1. The Morgan fingerprint density at radius 3 is 2.05 bits per heavy atom. The summed E-state index contributed by atoms with van der Waals surface area (Å²) >= 11 is 0. The van der Waals surface area contributed by atoms with E-state index in [4.69, 9.17) is 0 Å². The standard InChI is InChI=1S/C14H12F4N2/c1-7(2)8-5-3-4-6-9(8)19-12-10(15)13(17)20-14(18)11(12)16/h3-7H,1-2H3,(H,19,20). The van der Waals surface area contributed by atoms with Crippen molar-refractivity contribution < 1.29 is 17.6 Å². The average molecular weight is 284 g/mol. The van der Waals surface area contributed by atoms with E-state index in [0.717, 1.165) is 5.56 Å². The molecule has 0 aliphatic heterocycles. The number of nitrogens with one attached hydrogen (secondary N) is 1. The number of rotatable bonds is 3. The maximum Gasteiger partial charge on any atom is 0.253 e. The van der Waals surface area contributed by atoms with Crippen molar-refractivity contribution >= 4 is 11.4 Å². The van der Waals surface area contributed by atoms with Crippen LogP contribution in [0.5, 0.6) is 0 Å². The summed E-state index contributed by atoms with van der Waals surface area (Å²) in [6, 6.07) is 6.75. The van der Waals surface area contributed by atoms with Crippen LogP contribution in [-0.4, -0.2) is 4.98 Å². The molecule has 6 heteroatoms. The van der Waals surface area contributed by atoms with Gasteiger partial charge in [-0.1, -0.05) is 32.0 Å². The molecule has 106 valence electrons. The lowest BCUT2D eigenvalue weighted by molar-refractivity contribution is 0.411. The van der Waals surface area contributed by atoms with Gasteiger partial charge in [-0.2, -0.15) is 22.5 Å². The van der Waals surface area contributed by atoms with E-state index in [0.29, 0.717) is 5.69 Å². The molecule has 0 bridgehead atoms. The first-order valence-corrected chi connectivity index (χ1v) is 5.97. The Morgan fingerprint density at radius 1 is 0.950 bits per heavy atom. The maximum atomic E-state index is 13.6. The van der Waals surface area contributed by atoms with Gasteiger partial charge in [0.25, 0.3) is 11.9 Å². The van der Waals surface area contributed by atoms with Gasteiger partial charge in [-0.05, 0) is 17.5 Å². The number of halogens is 4. The van der Waals surface area contributed by atoms with Crippen LogP contribution >= 0.6 is 0 Å². The number of aromatic nitrogens is 1.